The number of carbonyl (C=O) groups is 2. The maximum atomic E-state index is 13.0. The summed E-state index contributed by atoms with van der Waals surface area (Å²) in [6, 6.07) is 16.4. The topological polar surface area (TPSA) is 89.9 Å². The third kappa shape index (κ3) is 6.71. The van der Waals surface area contributed by atoms with Crippen LogP contribution in [0.2, 0.25) is 0 Å². The van der Waals surface area contributed by atoms with Crippen LogP contribution in [0, 0.1) is 11.8 Å². The van der Waals surface area contributed by atoms with Gasteiger partial charge in [0.05, 0.1) is 5.92 Å². The molecule has 0 bridgehead atoms. The second-order valence-electron chi connectivity index (χ2n) is 9.33. The van der Waals surface area contributed by atoms with Gasteiger partial charge in [0.25, 0.3) is 0 Å². The second-order valence-corrected chi connectivity index (χ2v) is 9.33. The average Bonchev–Trinajstić information content (AvgIpc) is 2.76. The molecule has 2 aromatic carbocycles. The van der Waals surface area contributed by atoms with Crippen molar-refractivity contribution in [3.8, 4) is 5.75 Å². The summed E-state index contributed by atoms with van der Waals surface area (Å²) in [7, 11) is 0. The minimum absolute atomic E-state index is 0. The molecule has 7 heteroatoms. The molecule has 1 fully saturated rings. The number of aromatic hydroxyl groups is 1. The molecule has 0 spiro atoms. The molecule has 6 nitrogen and oxygen atoms in total. The number of carboxylic acids is 1. The van der Waals surface area contributed by atoms with Gasteiger partial charge in [-0.3, -0.25) is 9.59 Å². The van der Waals surface area contributed by atoms with E-state index < -0.39 is 12.0 Å². The molecule has 1 aliphatic heterocycles. The number of piperidine rings is 1. The highest BCUT2D eigenvalue weighted by Crippen LogP contribution is 2.40. The minimum atomic E-state index is -1.04. The fraction of sp³-hybridized carbons (Fsp3) is 0.462. The van der Waals surface area contributed by atoms with Gasteiger partial charge in [0.2, 0.25) is 5.91 Å². The van der Waals surface area contributed by atoms with Gasteiger partial charge in [0.1, 0.15) is 11.8 Å². The molecule has 180 valence electrons. The molecule has 33 heavy (non-hydrogen) atoms. The van der Waals surface area contributed by atoms with Gasteiger partial charge in [-0.05, 0) is 60.9 Å². The number of aliphatic carboxylic acids is 1. The summed E-state index contributed by atoms with van der Waals surface area (Å²) >= 11 is 0. The van der Waals surface area contributed by atoms with E-state index in [1.165, 1.54) is 6.92 Å². The van der Waals surface area contributed by atoms with Gasteiger partial charge in [-0.25, -0.2) is 0 Å². The van der Waals surface area contributed by atoms with Crippen LogP contribution in [0.25, 0.3) is 0 Å². The van der Waals surface area contributed by atoms with Crippen LogP contribution in [-0.4, -0.2) is 52.7 Å². The number of carboxylic acid groups (broad SMARTS) is 1. The molecule has 4 atom stereocenters. The van der Waals surface area contributed by atoms with Crippen molar-refractivity contribution in [1.82, 2.24) is 10.2 Å². The van der Waals surface area contributed by atoms with Gasteiger partial charge in [-0.15, -0.1) is 12.4 Å². The Bertz CT molecular complexity index is 939. The molecular weight excluding hydrogens is 440 g/mol. The van der Waals surface area contributed by atoms with Crippen LogP contribution in [-0.2, 0) is 21.4 Å². The molecular formula is C26H35ClN2O4. The number of phenols is 1. The highest BCUT2D eigenvalue weighted by molar-refractivity contribution is 5.85. The maximum Gasteiger partial charge on any atom is 0.325 e. The number of likely N-dealkylation sites (tertiary alicyclic amines) is 1. The second kappa shape index (κ2) is 11.5. The van der Waals surface area contributed by atoms with Gasteiger partial charge < -0.3 is 20.4 Å². The van der Waals surface area contributed by atoms with Gasteiger partial charge in [0, 0.05) is 13.1 Å². The van der Waals surface area contributed by atoms with Crippen LogP contribution >= 0.6 is 12.4 Å². The Kier molecular flexibility index (Phi) is 9.32. The van der Waals surface area contributed by atoms with Crippen LogP contribution in [0.15, 0.2) is 54.6 Å². The number of rotatable bonds is 8. The summed E-state index contributed by atoms with van der Waals surface area (Å²) in [5, 5.41) is 21.8. The SMILES string of the molecule is CC(NC(=O)C(Cc1ccccc1)CN1CCC(C)(c2cccc(O)c2)C(C)C1)C(=O)O.Cl. The number of hydrogen-bond donors (Lipinski definition) is 3. The Morgan fingerprint density at radius 3 is 2.48 bits per heavy atom. The summed E-state index contributed by atoms with van der Waals surface area (Å²) in [5.74, 6) is -0.985. The standard InChI is InChI=1S/C26H34N2O4.ClH/c1-18-16-28(13-12-26(18,3)22-10-7-11-23(29)15-22)17-21(14-20-8-5-4-6-9-20)24(30)27-19(2)25(31)32;/h4-11,15,18-19,21,29H,12-14,16-17H2,1-3H3,(H,27,30)(H,31,32);1H. The van der Waals surface area contributed by atoms with E-state index in [0.29, 0.717) is 18.9 Å². The van der Waals surface area contributed by atoms with Crippen LogP contribution in [0.3, 0.4) is 0 Å². The van der Waals surface area contributed by atoms with Crippen molar-refractivity contribution in [2.45, 2.75) is 45.1 Å². The van der Waals surface area contributed by atoms with Crippen LogP contribution < -0.4 is 5.32 Å². The zero-order valence-corrected chi connectivity index (χ0v) is 20.3. The molecule has 1 aliphatic rings. The molecule has 1 saturated heterocycles. The van der Waals surface area contributed by atoms with E-state index >= 15 is 0 Å². The van der Waals surface area contributed by atoms with E-state index in [1.807, 2.05) is 42.5 Å². The summed E-state index contributed by atoms with van der Waals surface area (Å²) in [4.78, 5) is 26.5. The molecule has 0 radical (unpaired) electrons. The summed E-state index contributed by atoms with van der Waals surface area (Å²) in [6.45, 7) is 8.20. The minimum Gasteiger partial charge on any atom is -0.508 e. The number of phenolic OH excluding ortho intramolecular Hbond substituents is 1. The Hall–Kier alpha value is -2.57. The van der Waals surface area contributed by atoms with Crippen molar-refractivity contribution >= 4 is 24.3 Å². The molecule has 1 amide bonds. The molecule has 4 unspecified atom stereocenters. The fourth-order valence-electron chi connectivity index (χ4n) is 4.62. The number of amides is 1. The Morgan fingerprint density at radius 1 is 1.18 bits per heavy atom. The lowest BCUT2D eigenvalue weighted by atomic mass is 9.68. The Balaban J connectivity index is 0.00000385. The number of halogens is 1. The van der Waals surface area contributed by atoms with Gasteiger partial charge in [-0.2, -0.15) is 0 Å². The number of hydrogen-bond acceptors (Lipinski definition) is 4. The van der Waals surface area contributed by atoms with E-state index in [1.54, 1.807) is 6.07 Å². The maximum absolute atomic E-state index is 13.0. The molecule has 3 N–H and O–H groups in total. The van der Waals surface area contributed by atoms with Gasteiger partial charge in [-0.1, -0.05) is 56.3 Å². The molecule has 0 aromatic heterocycles. The highest BCUT2D eigenvalue weighted by atomic mass is 35.5. The summed E-state index contributed by atoms with van der Waals surface area (Å²) in [5.41, 5.74) is 2.15. The Morgan fingerprint density at radius 2 is 1.88 bits per heavy atom. The van der Waals surface area contributed by atoms with Crippen molar-refractivity contribution in [3.05, 3.63) is 65.7 Å². The van der Waals surface area contributed by atoms with E-state index in [4.69, 9.17) is 0 Å². The van der Waals surface area contributed by atoms with Crippen LogP contribution in [0.1, 0.15) is 38.3 Å². The van der Waals surface area contributed by atoms with Gasteiger partial charge in [0.15, 0.2) is 0 Å². The fourth-order valence-corrected chi connectivity index (χ4v) is 4.62. The zero-order chi connectivity index (χ0) is 23.3. The Labute approximate surface area is 202 Å². The van der Waals surface area contributed by atoms with Crippen molar-refractivity contribution in [1.29, 1.82) is 0 Å². The van der Waals surface area contributed by atoms with Crippen molar-refractivity contribution in [3.63, 3.8) is 0 Å². The van der Waals surface area contributed by atoms with Crippen LogP contribution in [0.5, 0.6) is 5.75 Å². The third-order valence-electron chi connectivity index (χ3n) is 6.98. The smallest absolute Gasteiger partial charge is 0.325 e. The molecule has 1 heterocycles. The monoisotopic (exact) mass is 474 g/mol. The zero-order valence-electron chi connectivity index (χ0n) is 19.5. The predicted molar refractivity (Wildman–Crippen MR) is 132 cm³/mol. The van der Waals surface area contributed by atoms with E-state index in [2.05, 4.69) is 30.1 Å². The predicted octanol–water partition coefficient (Wildman–Crippen LogP) is 3.86. The first-order valence-electron chi connectivity index (χ1n) is 11.3. The largest absolute Gasteiger partial charge is 0.508 e. The van der Waals surface area contributed by atoms with Crippen molar-refractivity contribution < 1.29 is 19.8 Å². The first-order chi connectivity index (χ1) is 15.2. The number of nitrogens with zero attached hydrogens (tertiary/aromatic N) is 1. The summed E-state index contributed by atoms with van der Waals surface area (Å²) in [6.07, 6.45) is 1.48. The summed E-state index contributed by atoms with van der Waals surface area (Å²) < 4.78 is 0. The number of nitrogens with one attached hydrogen (secondary N) is 1. The normalized spacial score (nSPS) is 22.6. The first-order valence-corrected chi connectivity index (χ1v) is 11.3. The van der Waals surface area contributed by atoms with Crippen molar-refractivity contribution in [2.24, 2.45) is 11.8 Å². The number of benzene rings is 2. The van der Waals surface area contributed by atoms with E-state index in [9.17, 15) is 19.8 Å². The molecule has 0 saturated carbocycles. The molecule has 0 aliphatic carbocycles. The third-order valence-corrected chi connectivity index (χ3v) is 6.98. The lowest BCUT2D eigenvalue weighted by molar-refractivity contribution is -0.142. The number of carbonyl (C=O) groups excluding carboxylic acids is 1. The lowest BCUT2D eigenvalue weighted by Gasteiger charge is -2.45. The lowest BCUT2D eigenvalue weighted by Crippen LogP contribution is -2.51. The first kappa shape index (κ1) is 26.7. The quantitative estimate of drug-likeness (QED) is 0.540. The highest BCUT2D eigenvalue weighted by Gasteiger charge is 2.39. The molecule has 2 aromatic rings. The average molecular weight is 475 g/mol. The molecule has 3 rings (SSSR count). The van der Waals surface area contributed by atoms with E-state index in [-0.39, 0.29) is 35.4 Å². The van der Waals surface area contributed by atoms with Crippen molar-refractivity contribution in [2.75, 3.05) is 19.6 Å². The van der Waals surface area contributed by atoms with Crippen LogP contribution in [0.4, 0.5) is 0 Å². The van der Waals surface area contributed by atoms with Gasteiger partial charge >= 0.3 is 5.97 Å². The van der Waals surface area contributed by atoms with E-state index in [0.717, 1.165) is 30.6 Å².